The van der Waals surface area contributed by atoms with Crippen LogP contribution in [0.2, 0.25) is 0 Å². The molecule has 0 saturated carbocycles. The van der Waals surface area contributed by atoms with E-state index in [2.05, 4.69) is 24.1 Å². The molecule has 0 radical (unpaired) electrons. The van der Waals surface area contributed by atoms with Gasteiger partial charge in [-0.3, -0.25) is 14.5 Å². The van der Waals surface area contributed by atoms with E-state index < -0.39 is 0 Å². The second kappa shape index (κ2) is 10.9. The van der Waals surface area contributed by atoms with Crippen LogP contribution < -0.4 is 10.1 Å². The molecule has 2 aliphatic heterocycles. The molecule has 8 heteroatoms. The molecule has 8 nitrogen and oxygen atoms in total. The first-order valence-electron chi connectivity index (χ1n) is 11.0. The molecule has 2 aliphatic rings. The Morgan fingerprint density at radius 3 is 2.35 bits per heavy atom. The summed E-state index contributed by atoms with van der Waals surface area (Å²) < 4.78 is 16.4. The maximum Gasteiger partial charge on any atom is 0.251 e. The van der Waals surface area contributed by atoms with E-state index in [0.717, 1.165) is 44.9 Å². The van der Waals surface area contributed by atoms with E-state index in [1.807, 2.05) is 17.0 Å². The van der Waals surface area contributed by atoms with E-state index >= 15 is 0 Å². The minimum Gasteiger partial charge on any atom is -0.490 e. The zero-order valence-electron chi connectivity index (χ0n) is 18.9. The average molecular weight is 434 g/mol. The van der Waals surface area contributed by atoms with Gasteiger partial charge in [-0.2, -0.15) is 0 Å². The monoisotopic (exact) mass is 433 g/mol. The molecule has 0 spiro atoms. The van der Waals surface area contributed by atoms with Crippen molar-refractivity contribution in [3.05, 3.63) is 29.8 Å². The second-order valence-corrected chi connectivity index (χ2v) is 8.75. The van der Waals surface area contributed by atoms with Gasteiger partial charge in [-0.25, -0.2) is 0 Å². The highest BCUT2D eigenvalue weighted by molar-refractivity contribution is 5.94. The van der Waals surface area contributed by atoms with Crippen LogP contribution in [-0.4, -0.2) is 92.9 Å². The van der Waals surface area contributed by atoms with Crippen molar-refractivity contribution in [2.24, 2.45) is 0 Å². The fourth-order valence-corrected chi connectivity index (χ4v) is 3.99. The minimum atomic E-state index is -0.123. The fraction of sp³-hybridized carbons (Fsp3) is 0.652. The van der Waals surface area contributed by atoms with Crippen LogP contribution in [0.25, 0.3) is 0 Å². The number of methoxy groups -OCH3 is 1. The lowest BCUT2D eigenvalue weighted by atomic mass is 10.0. The Bertz CT molecular complexity index is 723. The molecule has 0 atom stereocenters. The zero-order chi connectivity index (χ0) is 22.3. The summed E-state index contributed by atoms with van der Waals surface area (Å²) in [6.07, 6.45) is 1.64. The van der Waals surface area contributed by atoms with Crippen LogP contribution >= 0.6 is 0 Å². The van der Waals surface area contributed by atoms with Gasteiger partial charge in [0, 0.05) is 63.8 Å². The quantitative estimate of drug-likeness (QED) is 0.670. The third-order valence-corrected chi connectivity index (χ3v) is 6.03. The fourth-order valence-electron chi connectivity index (χ4n) is 3.99. The summed E-state index contributed by atoms with van der Waals surface area (Å²) in [6.45, 7) is 9.57. The Hall–Kier alpha value is -2.16. The lowest BCUT2D eigenvalue weighted by molar-refractivity contribution is -0.136. The summed E-state index contributed by atoms with van der Waals surface area (Å²) in [5.74, 6) is 0.679. The zero-order valence-corrected chi connectivity index (χ0v) is 18.9. The number of likely N-dealkylation sites (tertiary alicyclic amines) is 1. The van der Waals surface area contributed by atoms with E-state index in [1.165, 1.54) is 7.11 Å². The van der Waals surface area contributed by atoms with E-state index in [0.29, 0.717) is 25.2 Å². The summed E-state index contributed by atoms with van der Waals surface area (Å²) in [7, 11) is 1.53. The Morgan fingerprint density at radius 1 is 1.10 bits per heavy atom. The standard InChI is InChI=1S/C23H35N3O5/c1-23(2,26-12-14-30-15-13-26)17-24-22(28)18-4-6-19(7-5-18)31-20-8-10-25(11-9-20)21(27)16-29-3/h4-7,20H,8-17H2,1-3H3,(H,24,28). The van der Waals surface area contributed by atoms with Gasteiger partial charge in [0.1, 0.15) is 18.5 Å². The molecular formula is C23H35N3O5. The van der Waals surface area contributed by atoms with Gasteiger partial charge in [0.2, 0.25) is 5.91 Å². The molecule has 0 aromatic heterocycles. The first-order chi connectivity index (χ1) is 14.9. The number of nitrogens with zero attached hydrogens (tertiary/aromatic N) is 2. The molecule has 172 valence electrons. The summed E-state index contributed by atoms with van der Waals surface area (Å²) in [4.78, 5) is 28.6. The van der Waals surface area contributed by atoms with Crippen LogP contribution in [0, 0.1) is 0 Å². The van der Waals surface area contributed by atoms with Crippen molar-refractivity contribution in [1.82, 2.24) is 15.1 Å². The maximum absolute atomic E-state index is 12.6. The Balaban J connectivity index is 1.44. The van der Waals surface area contributed by atoms with Gasteiger partial charge in [-0.15, -0.1) is 0 Å². The van der Waals surface area contributed by atoms with Crippen LogP contribution in [0.5, 0.6) is 5.75 Å². The number of hydrogen-bond donors (Lipinski definition) is 1. The number of ether oxygens (including phenoxy) is 3. The SMILES string of the molecule is COCC(=O)N1CCC(Oc2ccc(C(=O)NCC(C)(C)N3CCOCC3)cc2)CC1. The van der Waals surface area contributed by atoms with Crippen molar-refractivity contribution in [1.29, 1.82) is 0 Å². The number of nitrogens with one attached hydrogen (secondary N) is 1. The average Bonchev–Trinajstić information content (AvgIpc) is 2.79. The highest BCUT2D eigenvalue weighted by Gasteiger charge is 2.29. The third-order valence-electron chi connectivity index (χ3n) is 6.03. The number of piperidine rings is 1. The van der Waals surface area contributed by atoms with Crippen molar-refractivity contribution in [3.63, 3.8) is 0 Å². The molecule has 1 aromatic rings. The van der Waals surface area contributed by atoms with Crippen molar-refractivity contribution in [2.75, 3.05) is 59.7 Å². The van der Waals surface area contributed by atoms with Gasteiger partial charge in [0.05, 0.1) is 13.2 Å². The Morgan fingerprint density at radius 2 is 1.74 bits per heavy atom. The highest BCUT2D eigenvalue weighted by Crippen LogP contribution is 2.20. The maximum atomic E-state index is 12.6. The first kappa shape index (κ1) is 23.5. The molecule has 31 heavy (non-hydrogen) atoms. The van der Waals surface area contributed by atoms with Gasteiger partial charge >= 0.3 is 0 Å². The lowest BCUT2D eigenvalue weighted by Gasteiger charge is -2.40. The van der Waals surface area contributed by atoms with Crippen molar-refractivity contribution < 1.29 is 23.8 Å². The Labute approximate surface area is 184 Å². The highest BCUT2D eigenvalue weighted by atomic mass is 16.5. The predicted molar refractivity (Wildman–Crippen MR) is 117 cm³/mol. The Kier molecular flexibility index (Phi) is 8.28. The number of rotatable bonds is 8. The number of carbonyl (C=O) groups excluding carboxylic acids is 2. The molecule has 2 heterocycles. The number of amides is 2. The number of hydrogen-bond acceptors (Lipinski definition) is 6. The first-order valence-corrected chi connectivity index (χ1v) is 11.0. The minimum absolute atomic E-state index is 0.0214. The van der Waals surface area contributed by atoms with Crippen molar-refractivity contribution >= 4 is 11.8 Å². The molecular weight excluding hydrogens is 398 g/mol. The molecule has 0 aliphatic carbocycles. The van der Waals surface area contributed by atoms with Crippen LogP contribution in [0.4, 0.5) is 0 Å². The van der Waals surface area contributed by atoms with Crippen LogP contribution in [0.1, 0.15) is 37.0 Å². The summed E-state index contributed by atoms with van der Waals surface area (Å²) >= 11 is 0. The summed E-state index contributed by atoms with van der Waals surface area (Å²) in [6, 6.07) is 7.27. The van der Waals surface area contributed by atoms with Gasteiger partial charge in [0.25, 0.3) is 5.91 Å². The molecule has 2 saturated heterocycles. The van der Waals surface area contributed by atoms with Crippen LogP contribution in [0.3, 0.4) is 0 Å². The van der Waals surface area contributed by atoms with E-state index in [1.54, 1.807) is 12.1 Å². The van der Waals surface area contributed by atoms with Crippen molar-refractivity contribution in [3.8, 4) is 5.75 Å². The molecule has 0 unspecified atom stereocenters. The number of morpholine rings is 1. The van der Waals surface area contributed by atoms with E-state index in [-0.39, 0.29) is 30.1 Å². The van der Waals surface area contributed by atoms with Crippen LogP contribution in [-0.2, 0) is 14.3 Å². The molecule has 1 N–H and O–H groups in total. The van der Waals surface area contributed by atoms with Gasteiger partial charge < -0.3 is 24.4 Å². The van der Waals surface area contributed by atoms with E-state index in [9.17, 15) is 9.59 Å². The summed E-state index contributed by atoms with van der Waals surface area (Å²) in [5, 5.41) is 3.05. The lowest BCUT2D eigenvalue weighted by Crippen LogP contribution is -2.55. The van der Waals surface area contributed by atoms with Crippen LogP contribution in [0.15, 0.2) is 24.3 Å². The summed E-state index contributed by atoms with van der Waals surface area (Å²) in [5.41, 5.74) is 0.493. The molecule has 2 amide bonds. The van der Waals surface area contributed by atoms with Gasteiger partial charge in [0.15, 0.2) is 0 Å². The third kappa shape index (κ3) is 6.66. The second-order valence-electron chi connectivity index (χ2n) is 8.75. The number of benzene rings is 1. The number of carbonyl (C=O) groups is 2. The largest absolute Gasteiger partial charge is 0.490 e. The molecule has 1 aromatic carbocycles. The van der Waals surface area contributed by atoms with Gasteiger partial charge in [-0.1, -0.05) is 0 Å². The molecule has 2 fully saturated rings. The topological polar surface area (TPSA) is 80.3 Å². The molecule has 3 rings (SSSR count). The smallest absolute Gasteiger partial charge is 0.251 e. The predicted octanol–water partition coefficient (Wildman–Crippen LogP) is 1.54. The van der Waals surface area contributed by atoms with E-state index in [4.69, 9.17) is 14.2 Å². The normalized spacial score (nSPS) is 18.6. The molecule has 0 bridgehead atoms. The van der Waals surface area contributed by atoms with Crippen molar-refractivity contribution in [2.45, 2.75) is 38.3 Å². The van der Waals surface area contributed by atoms with Gasteiger partial charge in [-0.05, 0) is 38.1 Å².